The molecular formula is C10H16N2O2. The van der Waals surface area contributed by atoms with Crippen molar-refractivity contribution >= 4 is 0 Å². The van der Waals surface area contributed by atoms with Crippen molar-refractivity contribution in [3.63, 3.8) is 0 Å². The lowest BCUT2D eigenvalue weighted by molar-refractivity contribution is 0.0852. The summed E-state index contributed by atoms with van der Waals surface area (Å²) in [6.07, 6.45) is 5.03. The number of aliphatic hydroxyl groups is 1. The van der Waals surface area contributed by atoms with Gasteiger partial charge in [-0.2, -0.15) is 0 Å². The molecule has 14 heavy (non-hydrogen) atoms. The van der Waals surface area contributed by atoms with Gasteiger partial charge in [0.25, 0.3) is 0 Å². The van der Waals surface area contributed by atoms with E-state index in [0.717, 1.165) is 6.42 Å². The maximum atomic E-state index is 9.86. The lowest BCUT2D eigenvalue weighted by Crippen LogP contribution is -2.12. The molecule has 1 N–H and O–H groups in total. The van der Waals surface area contributed by atoms with E-state index in [-0.39, 0.29) is 5.92 Å². The van der Waals surface area contributed by atoms with Crippen LogP contribution in [0.4, 0.5) is 0 Å². The topological polar surface area (TPSA) is 55.2 Å². The second kappa shape index (κ2) is 5.67. The first-order chi connectivity index (χ1) is 6.75. The molecule has 0 fully saturated rings. The number of hydrogen-bond acceptors (Lipinski definition) is 4. The fourth-order valence-corrected chi connectivity index (χ4v) is 1.22. The third kappa shape index (κ3) is 3.05. The van der Waals surface area contributed by atoms with Gasteiger partial charge in [0.05, 0.1) is 11.9 Å². The maximum absolute atomic E-state index is 9.86. The zero-order valence-corrected chi connectivity index (χ0v) is 8.55. The maximum Gasteiger partial charge on any atom is 0.100 e. The Balaban J connectivity index is 2.52. The van der Waals surface area contributed by atoms with Crippen molar-refractivity contribution in [1.29, 1.82) is 0 Å². The number of nitrogens with zero attached hydrogens (tertiary/aromatic N) is 2. The van der Waals surface area contributed by atoms with Crippen molar-refractivity contribution < 1.29 is 9.84 Å². The van der Waals surface area contributed by atoms with Gasteiger partial charge in [0.15, 0.2) is 0 Å². The van der Waals surface area contributed by atoms with Crippen LogP contribution in [0.3, 0.4) is 0 Å². The first-order valence-electron chi connectivity index (χ1n) is 4.68. The van der Waals surface area contributed by atoms with Gasteiger partial charge >= 0.3 is 0 Å². The molecule has 0 amide bonds. The van der Waals surface area contributed by atoms with Crippen LogP contribution in [0.5, 0.6) is 0 Å². The van der Waals surface area contributed by atoms with Crippen LogP contribution in [-0.4, -0.2) is 28.8 Å². The minimum Gasteiger partial charge on any atom is -0.386 e. The van der Waals surface area contributed by atoms with E-state index in [1.54, 1.807) is 25.7 Å². The van der Waals surface area contributed by atoms with Crippen molar-refractivity contribution in [3.05, 3.63) is 24.3 Å². The van der Waals surface area contributed by atoms with Gasteiger partial charge in [-0.15, -0.1) is 0 Å². The molecule has 4 nitrogen and oxygen atoms in total. The third-order valence-corrected chi connectivity index (χ3v) is 2.20. The van der Waals surface area contributed by atoms with Crippen molar-refractivity contribution in [3.8, 4) is 0 Å². The van der Waals surface area contributed by atoms with Crippen LogP contribution in [0.2, 0.25) is 0 Å². The number of aromatic nitrogens is 2. The fourth-order valence-electron chi connectivity index (χ4n) is 1.22. The molecule has 0 aliphatic carbocycles. The van der Waals surface area contributed by atoms with Crippen molar-refractivity contribution in [2.75, 3.05) is 13.7 Å². The highest BCUT2D eigenvalue weighted by molar-refractivity contribution is 5.00. The summed E-state index contributed by atoms with van der Waals surface area (Å²) in [4.78, 5) is 7.97. The Morgan fingerprint density at radius 2 is 2.29 bits per heavy atom. The molecule has 1 aromatic rings. The van der Waals surface area contributed by atoms with Crippen molar-refractivity contribution in [2.24, 2.45) is 5.92 Å². The predicted octanol–water partition coefficient (Wildman–Crippen LogP) is 1.18. The molecule has 0 aromatic carbocycles. The molecule has 0 spiro atoms. The van der Waals surface area contributed by atoms with Crippen LogP contribution in [0.25, 0.3) is 0 Å². The highest BCUT2D eigenvalue weighted by Gasteiger charge is 2.17. The Labute approximate surface area is 84.0 Å². The molecule has 0 aliphatic heterocycles. The molecule has 78 valence electrons. The van der Waals surface area contributed by atoms with E-state index in [9.17, 15) is 5.11 Å². The Hall–Kier alpha value is -1.00. The summed E-state index contributed by atoms with van der Waals surface area (Å²) < 4.78 is 4.95. The van der Waals surface area contributed by atoms with E-state index in [0.29, 0.717) is 12.3 Å². The van der Waals surface area contributed by atoms with Gasteiger partial charge in [0.1, 0.15) is 6.10 Å². The fraction of sp³-hybridized carbons (Fsp3) is 0.600. The zero-order chi connectivity index (χ0) is 10.4. The second-order valence-electron chi connectivity index (χ2n) is 3.33. The third-order valence-electron chi connectivity index (χ3n) is 2.20. The van der Waals surface area contributed by atoms with Gasteiger partial charge in [0.2, 0.25) is 0 Å². The number of methoxy groups -OCH3 is 1. The molecule has 0 bridgehead atoms. The van der Waals surface area contributed by atoms with E-state index in [1.165, 1.54) is 0 Å². The lowest BCUT2D eigenvalue weighted by atomic mass is 9.99. The quantitative estimate of drug-likeness (QED) is 0.768. The summed E-state index contributed by atoms with van der Waals surface area (Å²) >= 11 is 0. The SMILES string of the molecule is COCCC(C)C(O)c1cnccn1. The monoisotopic (exact) mass is 196 g/mol. The second-order valence-corrected chi connectivity index (χ2v) is 3.33. The van der Waals surface area contributed by atoms with Crippen LogP contribution in [-0.2, 0) is 4.74 Å². The molecule has 1 rings (SSSR count). The molecule has 0 aliphatic rings. The minimum atomic E-state index is -0.557. The van der Waals surface area contributed by atoms with Gasteiger partial charge < -0.3 is 9.84 Å². The average molecular weight is 196 g/mol. The normalized spacial score (nSPS) is 15.1. The number of hydrogen-bond donors (Lipinski definition) is 1. The highest BCUT2D eigenvalue weighted by Crippen LogP contribution is 2.21. The first kappa shape index (κ1) is 11.1. The average Bonchev–Trinajstić information content (AvgIpc) is 2.26. The van der Waals surface area contributed by atoms with Crippen molar-refractivity contribution in [1.82, 2.24) is 9.97 Å². The van der Waals surface area contributed by atoms with E-state index in [1.807, 2.05) is 6.92 Å². The van der Waals surface area contributed by atoms with Gasteiger partial charge in [-0.3, -0.25) is 9.97 Å². The van der Waals surface area contributed by atoms with Gasteiger partial charge in [-0.1, -0.05) is 6.92 Å². The van der Waals surface area contributed by atoms with Crippen molar-refractivity contribution in [2.45, 2.75) is 19.4 Å². The molecule has 0 saturated heterocycles. The summed E-state index contributed by atoms with van der Waals surface area (Å²) in [6, 6.07) is 0. The Bertz CT molecular complexity index is 254. The predicted molar refractivity (Wildman–Crippen MR) is 52.6 cm³/mol. The Morgan fingerprint density at radius 1 is 1.50 bits per heavy atom. The molecule has 1 aromatic heterocycles. The number of rotatable bonds is 5. The van der Waals surface area contributed by atoms with Crippen LogP contribution >= 0.6 is 0 Å². The molecular weight excluding hydrogens is 180 g/mol. The molecule has 4 heteroatoms. The van der Waals surface area contributed by atoms with E-state index < -0.39 is 6.10 Å². The van der Waals surface area contributed by atoms with Crippen LogP contribution in [0.15, 0.2) is 18.6 Å². The number of aliphatic hydroxyl groups excluding tert-OH is 1. The summed E-state index contributed by atoms with van der Waals surface area (Å²) in [6.45, 7) is 2.62. The zero-order valence-electron chi connectivity index (χ0n) is 8.55. The summed E-state index contributed by atoms with van der Waals surface area (Å²) in [5.41, 5.74) is 0.621. The van der Waals surface area contributed by atoms with Gasteiger partial charge in [-0.05, 0) is 12.3 Å². The summed E-state index contributed by atoms with van der Waals surface area (Å²) in [7, 11) is 1.65. The molecule has 1 heterocycles. The largest absolute Gasteiger partial charge is 0.386 e. The molecule has 2 atom stereocenters. The van der Waals surface area contributed by atoms with E-state index in [2.05, 4.69) is 9.97 Å². The van der Waals surface area contributed by atoms with Crippen LogP contribution in [0.1, 0.15) is 25.1 Å². The summed E-state index contributed by atoms with van der Waals surface area (Å²) in [5.74, 6) is 0.131. The first-order valence-corrected chi connectivity index (χ1v) is 4.68. The Morgan fingerprint density at radius 3 is 2.86 bits per heavy atom. The smallest absolute Gasteiger partial charge is 0.100 e. The van der Waals surface area contributed by atoms with E-state index >= 15 is 0 Å². The minimum absolute atomic E-state index is 0.131. The van der Waals surface area contributed by atoms with Gasteiger partial charge in [-0.25, -0.2) is 0 Å². The molecule has 0 radical (unpaired) electrons. The van der Waals surface area contributed by atoms with Gasteiger partial charge in [0, 0.05) is 26.1 Å². The molecule has 0 saturated carbocycles. The lowest BCUT2D eigenvalue weighted by Gasteiger charge is -2.17. The van der Waals surface area contributed by atoms with E-state index in [4.69, 9.17) is 4.74 Å². The highest BCUT2D eigenvalue weighted by atomic mass is 16.5. The Kier molecular flexibility index (Phi) is 4.49. The summed E-state index contributed by atoms with van der Waals surface area (Å²) in [5, 5.41) is 9.86. The number of ether oxygens (including phenoxy) is 1. The van der Waals surface area contributed by atoms with Crippen LogP contribution in [0, 0.1) is 5.92 Å². The molecule has 2 unspecified atom stereocenters. The van der Waals surface area contributed by atoms with Crippen LogP contribution < -0.4 is 0 Å². The standard InChI is InChI=1S/C10H16N2O2/c1-8(3-6-14-2)10(13)9-7-11-4-5-12-9/h4-5,7-8,10,13H,3,6H2,1-2H3.